The number of hydrogen-bond acceptors (Lipinski definition) is 2. The number of carboxylic acid groups (broad SMARTS) is 1. The minimum atomic E-state index is -0.903. The molecule has 1 aromatic rings. The minimum Gasteiger partial charge on any atom is -0.494 e. The molecule has 1 aliphatic rings. The van der Waals surface area contributed by atoms with Gasteiger partial charge in [0.05, 0.1) is 12.0 Å². The number of benzene rings is 1. The van der Waals surface area contributed by atoms with Crippen LogP contribution in [-0.2, 0) is 10.2 Å². The summed E-state index contributed by atoms with van der Waals surface area (Å²) in [7, 11) is 0. The lowest BCUT2D eigenvalue weighted by molar-refractivity contribution is -0.140. The second kappa shape index (κ2) is 5.43. The van der Waals surface area contributed by atoms with Crippen LogP contribution in [0.4, 0.5) is 0 Å². The maximum absolute atomic E-state index is 11.5. The molecule has 5 heteroatoms. The molecular formula is C14H14Cl2O3. The zero-order valence-electron chi connectivity index (χ0n) is 10.4. The first-order valence-electron chi connectivity index (χ1n) is 6.00. The van der Waals surface area contributed by atoms with E-state index in [4.69, 9.17) is 27.9 Å². The maximum Gasteiger partial charge on any atom is 0.314 e. The first-order chi connectivity index (χ1) is 9.00. The number of carbonyl (C=O) groups is 1. The van der Waals surface area contributed by atoms with Crippen LogP contribution >= 0.6 is 23.2 Å². The summed E-state index contributed by atoms with van der Waals surface area (Å²) in [5, 5.41) is 9.47. The van der Waals surface area contributed by atoms with Gasteiger partial charge in [0.15, 0.2) is 0 Å². The molecule has 0 aromatic heterocycles. The van der Waals surface area contributed by atoms with E-state index in [1.54, 1.807) is 30.3 Å². The van der Waals surface area contributed by atoms with E-state index in [9.17, 15) is 9.90 Å². The van der Waals surface area contributed by atoms with Crippen LogP contribution in [0.3, 0.4) is 0 Å². The topological polar surface area (TPSA) is 46.5 Å². The predicted octanol–water partition coefficient (Wildman–Crippen LogP) is 3.75. The van der Waals surface area contributed by atoms with Gasteiger partial charge in [-0.3, -0.25) is 4.79 Å². The van der Waals surface area contributed by atoms with Gasteiger partial charge in [-0.15, -0.1) is 0 Å². The zero-order chi connectivity index (χ0) is 14.0. The second-order valence-corrected chi connectivity index (χ2v) is 5.51. The molecule has 1 aromatic carbocycles. The molecule has 0 amide bonds. The van der Waals surface area contributed by atoms with E-state index < -0.39 is 11.4 Å². The van der Waals surface area contributed by atoms with Crippen LogP contribution < -0.4 is 4.74 Å². The summed E-state index contributed by atoms with van der Waals surface area (Å²) in [4.78, 5) is 11.5. The lowest BCUT2D eigenvalue weighted by atomic mass is 9.93. The summed E-state index contributed by atoms with van der Waals surface area (Å²) >= 11 is 11.2. The molecular weight excluding hydrogens is 287 g/mol. The van der Waals surface area contributed by atoms with E-state index >= 15 is 0 Å². The summed E-state index contributed by atoms with van der Waals surface area (Å²) in [5.41, 5.74) is -0.154. The SMILES string of the molecule is CCOc1ccc(C2(C(=O)O)CC2C=C(Cl)Cl)cc1. The smallest absolute Gasteiger partial charge is 0.314 e. The molecule has 1 aliphatic carbocycles. The molecule has 0 aliphatic heterocycles. The highest BCUT2D eigenvalue weighted by atomic mass is 35.5. The highest BCUT2D eigenvalue weighted by Gasteiger charge is 2.60. The van der Waals surface area contributed by atoms with Gasteiger partial charge in [0.2, 0.25) is 0 Å². The number of ether oxygens (including phenoxy) is 1. The molecule has 1 N–H and O–H groups in total. The monoisotopic (exact) mass is 300 g/mol. The Kier molecular flexibility index (Phi) is 4.07. The molecule has 0 heterocycles. The molecule has 1 fully saturated rings. The molecule has 102 valence electrons. The highest BCUT2D eigenvalue weighted by molar-refractivity contribution is 6.55. The Morgan fingerprint density at radius 3 is 2.58 bits per heavy atom. The maximum atomic E-state index is 11.5. The fourth-order valence-corrected chi connectivity index (χ4v) is 2.66. The Morgan fingerprint density at radius 1 is 1.47 bits per heavy atom. The molecule has 0 radical (unpaired) electrons. The van der Waals surface area contributed by atoms with Crippen molar-refractivity contribution in [1.82, 2.24) is 0 Å². The van der Waals surface area contributed by atoms with Gasteiger partial charge in [-0.2, -0.15) is 0 Å². The Morgan fingerprint density at radius 2 is 2.11 bits per heavy atom. The lowest BCUT2D eigenvalue weighted by Crippen LogP contribution is -2.22. The van der Waals surface area contributed by atoms with Crippen molar-refractivity contribution in [3.8, 4) is 5.75 Å². The molecule has 1 saturated carbocycles. The number of carboxylic acids is 1. The third-order valence-electron chi connectivity index (χ3n) is 3.40. The standard InChI is InChI=1S/C14H14Cl2O3/c1-2-19-11-5-3-9(4-6-11)14(13(17)18)8-10(14)7-12(15)16/h3-7,10H,2,8H2,1H3,(H,17,18). The third-order valence-corrected chi connectivity index (χ3v) is 3.66. The van der Waals surface area contributed by atoms with Crippen molar-refractivity contribution in [2.75, 3.05) is 6.61 Å². The van der Waals surface area contributed by atoms with Gasteiger partial charge in [-0.25, -0.2) is 0 Å². The van der Waals surface area contributed by atoms with Crippen molar-refractivity contribution in [3.05, 3.63) is 40.4 Å². The number of hydrogen-bond donors (Lipinski definition) is 1. The number of aliphatic carboxylic acids is 1. The van der Waals surface area contributed by atoms with E-state index in [1.807, 2.05) is 6.92 Å². The van der Waals surface area contributed by atoms with E-state index in [0.717, 1.165) is 11.3 Å². The number of rotatable bonds is 5. The summed E-state index contributed by atoms with van der Waals surface area (Å²) in [6.07, 6.45) is 2.10. The van der Waals surface area contributed by atoms with Crippen molar-refractivity contribution in [2.24, 2.45) is 5.92 Å². The Hall–Kier alpha value is -1.19. The van der Waals surface area contributed by atoms with Crippen LogP contribution in [0.25, 0.3) is 0 Å². The fraction of sp³-hybridized carbons (Fsp3) is 0.357. The average molecular weight is 301 g/mol. The highest BCUT2D eigenvalue weighted by Crippen LogP contribution is 2.56. The molecule has 2 rings (SSSR count). The largest absolute Gasteiger partial charge is 0.494 e. The molecule has 0 saturated heterocycles. The van der Waals surface area contributed by atoms with Crippen LogP contribution in [-0.4, -0.2) is 17.7 Å². The Bertz CT molecular complexity index is 506. The summed E-state index contributed by atoms with van der Waals surface area (Å²) < 4.78 is 5.45. The van der Waals surface area contributed by atoms with E-state index in [0.29, 0.717) is 13.0 Å². The van der Waals surface area contributed by atoms with Crippen LogP contribution in [0.2, 0.25) is 0 Å². The molecule has 0 bridgehead atoms. The van der Waals surface area contributed by atoms with E-state index in [1.165, 1.54) is 0 Å². The van der Waals surface area contributed by atoms with Crippen molar-refractivity contribution in [2.45, 2.75) is 18.8 Å². The van der Waals surface area contributed by atoms with Gasteiger partial charge in [-0.1, -0.05) is 35.3 Å². The lowest BCUT2D eigenvalue weighted by Gasteiger charge is -2.12. The molecule has 2 unspecified atom stereocenters. The molecule has 19 heavy (non-hydrogen) atoms. The summed E-state index contributed by atoms with van der Waals surface area (Å²) in [5.74, 6) is -0.282. The van der Waals surface area contributed by atoms with Gasteiger partial charge < -0.3 is 9.84 Å². The normalized spacial score (nSPS) is 24.7. The van der Waals surface area contributed by atoms with Crippen molar-refractivity contribution < 1.29 is 14.6 Å². The second-order valence-electron chi connectivity index (χ2n) is 4.50. The van der Waals surface area contributed by atoms with Crippen LogP contribution in [0.15, 0.2) is 34.8 Å². The fourth-order valence-electron chi connectivity index (χ4n) is 2.36. The zero-order valence-corrected chi connectivity index (χ0v) is 11.9. The quantitative estimate of drug-likeness (QED) is 0.901. The van der Waals surface area contributed by atoms with Crippen LogP contribution in [0.5, 0.6) is 5.75 Å². The van der Waals surface area contributed by atoms with Gasteiger partial charge >= 0.3 is 5.97 Å². The Labute approximate surface area is 121 Å². The van der Waals surface area contributed by atoms with Gasteiger partial charge in [-0.05, 0) is 37.1 Å². The predicted molar refractivity (Wildman–Crippen MR) is 74.8 cm³/mol. The van der Waals surface area contributed by atoms with Crippen LogP contribution in [0, 0.1) is 5.92 Å². The summed E-state index contributed by atoms with van der Waals surface area (Å²) in [6.45, 7) is 2.48. The van der Waals surface area contributed by atoms with E-state index in [2.05, 4.69) is 0 Å². The number of halogens is 2. The van der Waals surface area contributed by atoms with E-state index in [-0.39, 0.29) is 10.4 Å². The summed E-state index contributed by atoms with van der Waals surface area (Å²) in [6, 6.07) is 7.14. The van der Waals surface area contributed by atoms with Crippen molar-refractivity contribution in [1.29, 1.82) is 0 Å². The first-order valence-corrected chi connectivity index (χ1v) is 6.76. The first kappa shape index (κ1) is 14.2. The van der Waals surface area contributed by atoms with Gasteiger partial charge in [0.25, 0.3) is 0 Å². The van der Waals surface area contributed by atoms with Gasteiger partial charge in [0.1, 0.15) is 10.2 Å². The minimum absolute atomic E-state index is 0.110. The number of allylic oxidation sites excluding steroid dienone is 1. The van der Waals surface area contributed by atoms with Crippen LogP contribution in [0.1, 0.15) is 18.9 Å². The van der Waals surface area contributed by atoms with Crippen molar-refractivity contribution >= 4 is 29.2 Å². The molecule has 0 spiro atoms. The Balaban J connectivity index is 2.27. The molecule has 2 atom stereocenters. The van der Waals surface area contributed by atoms with Gasteiger partial charge in [0, 0.05) is 5.92 Å². The molecule has 3 nitrogen and oxygen atoms in total. The third kappa shape index (κ3) is 2.72. The van der Waals surface area contributed by atoms with Crippen molar-refractivity contribution in [3.63, 3.8) is 0 Å². The average Bonchev–Trinajstić information content (AvgIpc) is 3.05.